The molecule has 0 saturated heterocycles. The van der Waals surface area contributed by atoms with Gasteiger partial charge in [0.2, 0.25) is 0 Å². The number of carbonyl (C=O) groups excluding carboxylic acids is 1. The molecule has 1 aromatic heterocycles. The largest absolute Gasteiger partial charge is 0.490 e. The molecule has 8 nitrogen and oxygen atoms in total. The average molecular weight is 611 g/mol. The molecule has 1 aliphatic rings. The van der Waals surface area contributed by atoms with Gasteiger partial charge in [0, 0.05) is 16.0 Å². The van der Waals surface area contributed by atoms with Gasteiger partial charge in [-0.3, -0.25) is 4.79 Å². The van der Waals surface area contributed by atoms with Crippen molar-refractivity contribution in [3.63, 3.8) is 0 Å². The Labute approximate surface area is 243 Å². The van der Waals surface area contributed by atoms with Gasteiger partial charge in [-0.2, -0.15) is 9.78 Å². The first kappa shape index (κ1) is 29.5. The number of nitrogens with zero attached hydrogens (tertiary/aromatic N) is 3. The van der Waals surface area contributed by atoms with Gasteiger partial charge in [0.1, 0.15) is 5.82 Å². The molecule has 0 spiro atoms. The first-order valence-corrected chi connectivity index (χ1v) is 14.7. The fourth-order valence-corrected chi connectivity index (χ4v) is 5.33. The summed E-state index contributed by atoms with van der Waals surface area (Å²) in [5.74, 6) is 1.33. The third kappa shape index (κ3) is 6.81. The monoisotopic (exact) mass is 609 g/mol. The highest BCUT2D eigenvalue weighted by Crippen LogP contribution is 2.35. The number of esters is 1. The van der Waals surface area contributed by atoms with E-state index in [9.17, 15) is 9.59 Å². The van der Waals surface area contributed by atoms with Gasteiger partial charge in [-0.1, -0.05) is 41.3 Å². The van der Waals surface area contributed by atoms with Crippen molar-refractivity contribution in [1.82, 2.24) is 9.66 Å². The summed E-state index contributed by atoms with van der Waals surface area (Å²) < 4.78 is 19.3. The molecule has 0 unspecified atom stereocenters. The van der Waals surface area contributed by atoms with Crippen LogP contribution >= 0.6 is 15.9 Å². The van der Waals surface area contributed by atoms with Crippen molar-refractivity contribution < 1.29 is 19.0 Å². The summed E-state index contributed by atoms with van der Waals surface area (Å²) in [7, 11) is 0. The quantitative estimate of drug-likeness (QED) is 0.139. The summed E-state index contributed by atoms with van der Waals surface area (Å²) in [6, 6.07) is 9.25. The summed E-state index contributed by atoms with van der Waals surface area (Å²) in [5, 5.41) is 5.19. The van der Waals surface area contributed by atoms with E-state index in [4.69, 9.17) is 19.2 Å². The van der Waals surface area contributed by atoms with Gasteiger partial charge in [-0.05, 0) is 75.9 Å². The fourth-order valence-electron chi connectivity index (χ4n) is 4.97. The van der Waals surface area contributed by atoms with Crippen molar-refractivity contribution in [2.75, 3.05) is 13.2 Å². The molecule has 212 valence electrons. The van der Waals surface area contributed by atoms with E-state index in [0.29, 0.717) is 46.8 Å². The molecule has 2 aromatic carbocycles. The van der Waals surface area contributed by atoms with Crippen molar-refractivity contribution in [2.45, 2.75) is 71.3 Å². The molecule has 3 aromatic rings. The molecule has 0 N–H and O–H groups in total. The Kier molecular flexibility index (Phi) is 10.1. The lowest BCUT2D eigenvalue weighted by atomic mass is 9.88. The van der Waals surface area contributed by atoms with E-state index < -0.39 is 12.1 Å². The highest BCUT2D eigenvalue weighted by molar-refractivity contribution is 9.10. The Morgan fingerprint density at radius 1 is 1.20 bits per heavy atom. The minimum Gasteiger partial charge on any atom is -0.490 e. The number of benzene rings is 2. The van der Waals surface area contributed by atoms with Gasteiger partial charge in [0.15, 0.2) is 17.6 Å². The van der Waals surface area contributed by atoms with Crippen LogP contribution in [0.1, 0.15) is 75.7 Å². The van der Waals surface area contributed by atoms with Crippen LogP contribution in [0.15, 0.2) is 57.4 Å². The van der Waals surface area contributed by atoms with Crippen LogP contribution in [0.2, 0.25) is 0 Å². The number of hydrogen-bond acceptors (Lipinski definition) is 7. The number of rotatable bonds is 11. The topological polar surface area (TPSA) is 92.0 Å². The SMILES string of the molecule is C=CCc1cc(C=Nn2c(C3CCCCC3)nc3ccc(Br)cc3c2=O)cc(OCC)c1O[C@@H](C)C(=O)OCC. The summed E-state index contributed by atoms with van der Waals surface area (Å²) >= 11 is 3.47. The third-order valence-electron chi connectivity index (χ3n) is 6.86. The van der Waals surface area contributed by atoms with Crippen LogP contribution in [-0.4, -0.2) is 41.2 Å². The molecule has 0 amide bonds. The van der Waals surface area contributed by atoms with E-state index in [2.05, 4.69) is 27.6 Å². The van der Waals surface area contributed by atoms with E-state index in [1.807, 2.05) is 25.1 Å². The van der Waals surface area contributed by atoms with Crippen LogP contribution in [0.3, 0.4) is 0 Å². The van der Waals surface area contributed by atoms with Crippen LogP contribution in [0.25, 0.3) is 10.9 Å². The molecule has 1 aliphatic carbocycles. The molecule has 40 heavy (non-hydrogen) atoms. The van der Waals surface area contributed by atoms with Crippen LogP contribution in [-0.2, 0) is 16.0 Å². The lowest BCUT2D eigenvalue weighted by Gasteiger charge is -2.23. The predicted molar refractivity (Wildman–Crippen MR) is 161 cm³/mol. The molecule has 1 saturated carbocycles. The van der Waals surface area contributed by atoms with Crippen molar-refractivity contribution in [2.24, 2.45) is 5.10 Å². The van der Waals surface area contributed by atoms with Gasteiger partial charge in [0.25, 0.3) is 5.56 Å². The van der Waals surface area contributed by atoms with Crippen LogP contribution < -0.4 is 15.0 Å². The van der Waals surface area contributed by atoms with Crippen LogP contribution in [0.4, 0.5) is 0 Å². The molecule has 1 atom stereocenters. The summed E-state index contributed by atoms with van der Waals surface area (Å²) in [5.41, 5.74) is 1.96. The second-order valence-corrected chi connectivity index (χ2v) is 10.7. The van der Waals surface area contributed by atoms with Crippen LogP contribution in [0.5, 0.6) is 11.5 Å². The van der Waals surface area contributed by atoms with Crippen LogP contribution in [0, 0.1) is 0 Å². The molecule has 9 heteroatoms. The zero-order chi connectivity index (χ0) is 28.6. The van der Waals surface area contributed by atoms with Gasteiger partial charge in [0.05, 0.1) is 30.3 Å². The Bertz CT molecular complexity index is 1460. The van der Waals surface area contributed by atoms with Crippen molar-refractivity contribution >= 4 is 39.0 Å². The Hall–Kier alpha value is -3.46. The van der Waals surface area contributed by atoms with Crippen molar-refractivity contribution in [3.8, 4) is 11.5 Å². The molecule has 0 bridgehead atoms. The minimum atomic E-state index is -0.818. The highest BCUT2D eigenvalue weighted by Gasteiger charge is 2.23. The maximum atomic E-state index is 13.7. The molecule has 1 fully saturated rings. The van der Waals surface area contributed by atoms with Gasteiger partial charge in [-0.15, -0.1) is 6.58 Å². The van der Waals surface area contributed by atoms with E-state index >= 15 is 0 Å². The van der Waals surface area contributed by atoms with Crippen molar-refractivity contribution in [3.05, 3.63) is 74.8 Å². The summed E-state index contributed by atoms with van der Waals surface area (Å²) in [6.07, 6.45) is 8.43. The molecule has 0 radical (unpaired) electrons. The smallest absolute Gasteiger partial charge is 0.347 e. The Morgan fingerprint density at radius 3 is 2.67 bits per heavy atom. The number of carbonyl (C=O) groups is 1. The molecular formula is C31H36BrN3O5. The second-order valence-electron chi connectivity index (χ2n) is 9.77. The number of allylic oxidation sites excluding steroid dienone is 1. The number of hydrogen-bond donors (Lipinski definition) is 0. The minimum absolute atomic E-state index is 0.169. The highest BCUT2D eigenvalue weighted by atomic mass is 79.9. The van der Waals surface area contributed by atoms with E-state index in [0.717, 1.165) is 35.7 Å². The molecule has 4 rings (SSSR count). The Balaban J connectivity index is 1.79. The van der Waals surface area contributed by atoms with E-state index in [1.165, 1.54) is 11.1 Å². The second kappa shape index (κ2) is 13.7. The zero-order valence-electron chi connectivity index (χ0n) is 23.3. The molecule has 0 aliphatic heterocycles. The molecule has 1 heterocycles. The fraction of sp³-hybridized carbons (Fsp3) is 0.419. The predicted octanol–water partition coefficient (Wildman–Crippen LogP) is 6.55. The maximum Gasteiger partial charge on any atom is 0.347 e. The number of ether oxygens (including phenoxy) is 3. The zero-order valence-corrected chi connectivity index (χ0v) is 24.9. The average Bonchev–Trinajstić information content (AvgIpc) is 2.95. The lowest BCUT2D eigenvalue weighted by molar-refractivity contribution is -0.150. The van der Waals surface area contributed by atoms with E-state index in [1.54, 1.807) is 38.3 Å². The number of fused-ring (bicyclic) bond motifs is 1. The third-order valence-corrected chi connectivity index (χ3v) is 7.35. The van der Waals surface area contributed by atoms with Gasteiger partial charge in [-0.25, -0.2) is 9.78 Å². The maximum absolute atomic E-state index is 13.7. The summed E-state index contributed by atoms with van der Waals surface area (Å²) in [4.78, 5) is 30.8. The van der Waals surface area contributed by atoms with Gasteiger partial charge < -0.3 is 14.2 Å². The lowest BCUT2D eigenvalue weighted by Crippen LogP contribution is -2.26. The summed E-state index contributed by atoms with van der Waals surface area (Å²) in [6.45, 7) is 9.81. The van der Waals surface area contributed by atoms with E-state index in [-0.39, 0.29) is 18.1 Å². The number of halogens is 1. The first-order chi connectivity index (χ1) is 19.4. The first-order valence-electron chi connectivity index (χ1n) is 13.9. The Morgan fingerprint density at radius 2 is 1.98 bits per heavy atom. The normalized spacial score (nSPS) is 14.8. The van der Waals surface area contributed by atoms with Crippen molar-refractivity contribution in [1.29, 1.82) is 0 Å². The number of aromatic nitrogens is 2. The molecular weight excluding hydrogens is 574 g/mol. The standard InChI is InChI=1S/C31H36BrN3O5/c1-5-11-23-16-21(17-27(38-6-2)28(23)40-20(4)31(37)39-7-3)19-33-35-29(22-12-9-8-10-13-22)34-26-15-14-24(32)18-25(26)30(35)36/h5,14-20,22H,1,6-13H2,2-4H3/t20-/m0/s1. The van der Waals surface area contributed by atoms with Gasteiger partial charge >= 0.3 is 5.97 Å².